The molecule has 0 spiro atoms. The summed E-state index contributed by atoms with van der Waals surface area (Å²) in [7, 11) is 0. The minimum Gasteiger partial charge on any atom is -0.456 e. The van der Waals surface area contributed by atoms with Crippen LogP contribution in [-0.2, 0) is 0 Å². The molecule has 14 aromatic rings. The third-order valence-electron chi connectivity index (χ3n) is 13.0. The Kier molecular flexibility index (Phi) is 7.30. The molecular formula is C58H34N4O2. The second-order valence-corrected chi connectivity index (χ2v) is 16.5. The van der Waals surface area contributed by atoms with Gasteiger partial charge in [-0.1, -0.05) is 121 Å². The highest BCUT2D eigenvalue weighted by Gasteiger charge is 2.26. The second kappa shape index (κ2) is 13.4. The first-order valence-electron chi connectivity index (χ1n) is 21.6. The van der Waals surface area contributed by atoms with Crippen molar-refractivity contribution in [1.82, 2.24) is 9.97 Å². The van der Waals surface area contributed by atoms with E-state index >= 15 is 0 Å². The highest BCUT2D eigenvalue weighted by molar-refractivity contribution is 6.29. The van der Waals surface area contributed by atoms with Crippen molar-refractivity contribution >= 4 is 132 Å². The summed E-state index contributed by atoms with van der Waals surface area (Å²) in [6.07, 6.45) is 0. The molecule has 10 aromatic carbocycles. The van der Waals surface area contributed by atoms with Crippen molar-refractivity contribution in [2.24, 2.45) is 0 Å². The number of benzene rings is 10. The maximum atomic E-state index is 6.48. The first kappa shape index (κ1) is 34.9. The maximum Gasteiger partial charge on any atom is 0.138 e. The van der Waals surface area contributed by atoms with Crippen molar-refractivity contribution in [3.8, 4) is 0 Å². The zero-order valence-corrected chi connectivity index (χ0v) is 34.2. The summed E-state index contributed by atoms with van der Waals surface area (Å²) in [6.45, 7) is 0. The number of anilines is 6. The number of rotatable bonds is 6. The van der Waals surface area contributed by atoms with Gasteiger partial charge in [-0.2, -0.15) is 0 Å². The van der Waals surface area contributed by atoms with Crippen molar-refractivity contribution in [2.75, 3.05) is 9.80 Å². The van der Waals surface area contributed by atoms with E-state index in [1.54, 1.807) is 0 Å². The molecule has 0 fully saturated rings. The monoisotopic (exact) mass is 818 g/mol. The van der Waals surface area contributed by atoms with Crippen LogP contribution in [0.15, 0.2) is 215 Å². The second-order valence-electron chi connectivity index (χ2n) is 16.5. The Labute approximate surface area is 365 Å². The van der Waals surface area contributed by atoms with Gasteiger partial charge < -0.3 is 8.83 Å². The van der Waals surface area contributed by atoms with Gasteiger partial charge in [-0.05, 0) is 106 Å². The lowest BCUT2D eigenvalue weighted by molar-refractivity contribution is 0.668. The fourth-order valence-electron chi connectivity index (χ4n) is 10.2. The number of nitrogens with zero attached hydrogens (tertiary/aromatic N) is 4. The van der Waals surface area contributed by atoms with E-state index in [-0.39, 0.29) is 0 Å². The topological polar surface area (TPSA) is 58.5 Å². The van der Waals surface area contributed by atoms with E-state index in [1.165, 1.54) is 10.8 Å². The average Bonchev–Trinajstić information content (AvgIpc) is 3.93. The van der Waals surface area contributed by atoms with Gasteiger partial charge in [0.1, 0.15) is 34.0 Å². The number of aromatic nitrogens is 2. The third kappa shape index (κ3) is 5.08. The number of hydrogen-bond acceptors (Lipinski definition) is 6. The van der Waals surface area contributed by atoms with Gasteiger partial charge in [0.15, 0.2) is 0 Å². The van der Waals surface area contributed by atoms with Crippen LogP contribution in [0.4, 0.5) is 34.4 Å². The van der Waals surface area contributed by atoms with Crippen molar-refractivity contribution in [1.29, 1.82) is 0 Å². The first-order valence-corrected chi connectivity index (χ1v) is 21.6. The Morgan fingerprint density at radius 1 is 0.266 bits per heavy atom. The van der Waals surface area contributed by atoms with E-state index in [0.717, 1.165) is 122 Å². The van der Waals surface area contributed by atoms with E-state index in [2.05, 4.69) is 180 Å². The van der Waals surface area contributed by atoms with Gasteiger partial charge in [0.2, 0.25) is 0 Å². The van der Waals surface area contributed by atoms with Crippen molar-refractivity contribution in [2.45, 2.75) is 0 Å². The highest BCUT2D eigenvalue weighted by atomic mass is 16.3. The summed E-state index contributed by atoms with van der Waals surface area (Å²) < 4.78 is 13.0. The smallest absolute Gasteiger partial charge is 0.138 e. The Morgan fingerprint density at radius 3 is 1.17 bits per heavy atom. The van der Waals surface area contributed by atoms with Gasteiger partial charge in [-0.25, -0.2) is 9.97 Å². The molecule has 14 rings (SSSR count). The molecule has 4 heterocycles. The zero-order valence-electron chi connectivity index (χ0n) is 34.2. The first-order chi connectivity index (χ1) is 31.7. The summed E-state index contributed by atoms with van der Waals surface area (Å²) in [4.78, 5) is 15.3. The molecule has 298 valence electrons. The number of hydrogen-bond donors (Lipinski definition) is 0. The molecule has 0 N–H and O–H groups in total. The quantitative estimate of drug-likeness (QED) is 0.156. The normalized spacial score (nSPS) is 12.1. The van der Waals surface area contributed by atoms with Crippen LogP contribution in [0.25, 0.3) is 98.0 Å². The molecule has 6 heteroatoms. The number of pyridine rings is 2. The van der Waals surface area contributed by atoms with Crippen LogP contribution in [0.1, 0.15) is 0 Å². The SMILES string of the molecule is c1ccc2nc(N(c3ccc4ccc5c(N(c6ccc7ccccc7n6)c6cccc7oc8ccccc8c67)ccc6ccc3c4c65)c3cccc4oc5ccccc5c34)ccc2c1. The summed E-state index contributed by atoms with van der Waals surface area (Å²) in [5, 5.41) is 13.3. The van der Waals surface area contributed by atoms with E-state index in [0.29, 0.717) is 0 Å². The fourth-order valence-corrected chi connectivity index (χ4v) is 10.2. The highest BCUT2D eigenvalue weighted by Crippen LogP contribution is 2.50. The molecule has 4 aromatic heterocycles. The van der Waals surface area contributed by atoms with E-state index in [9.17, 15) is 0 Å². The predicted molar refractivity (Wildman–Crippen MR) is 265 cm³/mol. The van der Waals surface area contributed by atoms with E-state index in [1.807, 2.05) is 36.4 Å². The minimum atomic E-state index is 0.821. The molecular weight excluding hydrogens is 785 g/mol. The van der Waals surface area contributed by atoms with Gasteiger partial charge in [-0.3, -0.25) is 9.80 Å². The molecule has 0 bridgehead atoms. The van der Waals surface area contributed by atoms with Gasteiger partial charge in [-0.15, -0.1) is 0 Å². The summed E-state index contributed by atoms with van der Waals surface area (Å²) in [5.41, 5.74) is 9.26. The average molecular weight is 819 g/mol. The van der Waals surface area contributed by atoms with Crippen LogP contribution in [0.3, 0.4) is 0 Å². The Morgan fingerprint density at radius 2 is 0.672 bits per heavy atom. The zero-order chi connectivity index (χ0) is 41.9. The number of furan rings is 2. The Hall–Kier alpha value is -8.74. The molecule has 64 heavy (non-hydrogen) atoms. The lowest BCUT2D eigenvalue weighted by atomic mass is 9.91. The van der Waals surface area contributed by atoms with E-state index in [4.69, 9.17) is 18.8 Å². The lowest BCUT2D eigenvalue weighted by Crippen LogP contribution is -2.13. The molecule has 0 aliphatic heterocycles. The maximum absolute atomic E-state index is 6.48. The Bertz CT molecular complexity index is 3920. The molecule has 0 aliphatic carbocycles. The standard InChI is InChI=1S/C58H34N4O2/c1-5-15-43-35(11-1)27-33-53(59-43)61(47-17-9-21-51-57(47)41-13-3-7-19-49(41)63-51)45-31-25-37-24-30-40-46(32-26-38-23-29-39(45)55(37)56(38)40)62(54-34-28-36-12-2-6-16-44(36)60-54)48-18-10-22-52-58(48)42-14-4-8-20-50(42)64-52/h1-34H. The number of para-hydroxylation sites is 4. The molecule has 0 saturated carbocycles. The molecule has 0 aliphatic rings. The Balaban J connectivity index is 1.06. The summed E-state index contributed by atoms with van der Waals surface area (Å²) in [6, 6.07) is 72.5. The largest absolute Gasteiger partial charge is 0.456 e. The van der Waals surface area contributed by atoms with Gasteiger partial charge in [0.05, 0.1) is 44.6 Å². The van der Waals surface area contributed by atoms with Crippen LogP contribution in [0.5, 0.6) is 0 Å². The minimum absolute atomic E-state index is 0.821. The van der Waals surface area contributed by atoms with E-state index < -0.39 is 0 Å². The molecule has 0 radical (unpaired) electrons. The fraction of sp³-hybridized carbons (Fsp3) is 0. The molecule has 0 amide bonds. The van der Waals surface area contributed by atoms with Gasteiger partial charge >= 0.3 is 0 Å². The van der Waals surface area contributed by atoms with Crippen LogP contribution in [-0.4, -0.2) is 9.97 Å². The third-order valence-corrected chi connectivity index (χ3v) is 13.0. The van der Waals surface area contributed by atoms with Gasteiger partial charge in [0.25, 0.3) is 0 Å². The molecule has 0 saturated heterocycles. The van der Waals surface area contributed by atoms with Crippen molar-refractivity contribution in [3.05, 3.63) is 206 Å². The van der Waals surface area contributed by atoms with Gasteiger partial charge in [0, 0.05) is 32.3 Å². The molecule has 0 atom stereocenters. The predicted octanol–water partition coefficient (Wildman–Crippen LogP) is 16.4. The van der Waals surface area contributed by atoms with Crippen LogP contribution >= 0.6 is 0 Å². The summed E-state index contributed by atoms with van der Waals surface area (Å²) in [5.74, 6) is 1.64. The van der Waals surface area contributed by atoms with Crippen LogP contribution in [0.2, 0.25) is 0 Å². The lowest BCUT2D eigenvalue weighted by Gasteiger charge is -2.29. The van der Waals surface area contributed by atoms with Crippen LogP contribution < -0.4 is 9.80 Å². The van der Waals surface area contributed by atoms with Crippen molar-refractivity contribution in [3.63, 3.8) is 0 Å². The van der Waals surface area contributed by atoms with Crippen molar-refractivity contribution < 1.29 is 8.83 Å². The number of fused-ring (bicyclic) bond motifs is 8. The van der Waals surface area contributed by atoms with Crippen LogP contribution in [0, 0.1) is 0 Å². The summed E-state index contributed by atoms with van der Waals surface area (Å²) >= 11 is 0. The molecule has 6 nitrogen and oxygen atoms in total. The molecule has 0 unspecified atom stereocenters.